The van der Waals surface area contributed by atoms with Crippen LogP contribution >= 0.6 is 15.9 Å². The van der Waals surface area contributed by atoms with Gasteiger partial charge in [0.15, 0.2) is 0 Å². The fourth-order valence-corrected chi connectivity index (χ4v) is 2.22. The molecule has 7 heteroatoms. The van der Waals surface area contributed by atoms with Gasteiger partial charge in [-0.3, -0.25) is 4.79 Å². The second-order valence-corrected chi connectivity index (χ2v) is 5.15. The lowest BCUT2D eigenvalue weighted by atomic mass is 10.1. The van der Waals surface area contributed by atoms with Gasteiger partial charge >= 0.3 is 5.63 Å². The zero-order valence-corrected chi connectivity index (χ0v) is 12.4. The number of hydrogen-bond acceptors (Lipinski definition) is 5. The molecule has 0 aliphatic carbocycles. The molecule has 0 aliphatic rings. The van der Waals surface area contributed by atoms with Gasteiger partial charge in [0.25, 0.3) is 5.56 Å². The molecule has 3 rings (SSSR count). The molecule has 0 aliphatic heterocycles. The number of rotatable bonds is 2. The van der Waals surface area contributed by atoms with E-state index < -0.39 is 5.63 Å². The second kappa shape index (κ2) is 5.17. The number of aryl methyl sites for hydroxylation is 1. The minimum absolute atomic E-state index is 0.133. The van der Waals surface area contributed by atoms with Crippen LogP contribution in [0.3, 0.4) is 0 Å². The lowest BCUT2D eigenvalue weighted by Gasteiger charge is -2.07. The average Bonchev–Trinajstić information content (AvgIpc) is 2.43. The predicted molar refractivity (Wildman–Crippen MR) is 79.9 cm³/mol. The standard InChI is InChI=1S/C14H9BrN2O4/c1-7-4-11(18)21-10-5-8(2-3-9(7)10)20-14-12(15)13(19)16-6-17-14/h2-6H,1H3,(H,16,17,19). The first kappa shape index (κ1) is 13.6. The van der Waals surface area contributed by atoms with E-state index in [0.29, 0.717) is 11.3 Å². The Kier molecular flexibility index (Phi) is 3.34. The Balaban J connectivity index is 2.08. The van der Waals surface area contributed by atoms with E-state index in [1.807, 2.05) is 6.92 Å². The number of ether oxygens (including phenoxy) is 1. The summed E-state index contributed by atoms with van der Waals surface area (Å²) in [5.41, 5.74) is 0.470. The zero-order chi connectivity index (χ0) is 15.0. The topological polar surface area (TPSA) is 85.2 Å². The largest absolute Gasteiger partial charge is 0.437 e. The highest BCUT2D eigenvalue weighted by atomic mass is 79.9. The highest BCUT2D eigenvalue weighted by Gasteiger charge is 2.09. The third kappa shape index (κ3) is 2.59. The van der Waals surface area contributed by atoms with E-state index in [2.05, 4.69) is 25.9 Å². The fraction of sp³-hybridized carbons (Fsp3) is 0.0714. The van der Waals surface area contributed by atoms with E-state index >= 15 is 0 Å². The first-order valence-electron chi connectivity index (χ1n) is 6.00. The molecular weight excluding hydrogens is 340 g/mol. The van der Waals surface area contributed by atoms with Crippen LogP contribution in [0.5, 0.6) is 11.6 Å². The van der Waals surface area contributed by atoms with Crippen LogP contribution in [0.15, 0.2) is 49.1 Å². The number of nitrogens with one attached hydrogen (secondary N) is 1. The summed E-state index contributed by atoms with van der Waals surface area (Å²) in [4.78, 5) is 29.2. The van der Waals surface area contributed by atoms with Gasteiger partial charge in [0.2, 0.25) is 5.88 Å². The maximum Gasteiger partial charge on any atom is 0.336 e. The number of aromatic amines is 1. The van der Waals surface area contributed by atoms with Crippen molar-refractivity contribution in [3.63, 3.8) is 0 Å². The van der Waals surface area contributed by atoms with Gasteiger partial charge in [-0.05, 0) is 40.5 Å². The van der Waals surface area contributed by atoms with Crippen molar-refractivity contribution in [1.29, 1.82) is 0 Å². The van der Waals surface area contributed by atoms with Crippen LogP contribution in [-0.4, -0.2) is 9.97 Å². The average molecular weight is 349 g/mol. The Morgan fingerprint density at radius 3 is 2.90 bits per heavy atom. The van der Waals surface area contributed by atoms with E-state index in [0.717, 1.165) is 10.9 Å². The quantitative estimate of drug-likeness (QED) is 0.719. The third-order valence-electron chi connectivity index (χ3n) is 2.90. The van der Waals surface area contributed by atoms with Crippen LogP contribution in [0.2, 0.25) is 0 Å². The van der Waals surface area contributed by atoms with Gasteiger partial charge in [0.05, 0.1) is 6.33 Å². The summed E-state index contributed by atoms with van der Waals surface area (Å²) in [7, 11) is 0. The number of hydrogen-bond donors (Lipinski definition) is 1. The van der Waals surface area contributed by atoms with Crippen molar-refractivity contribution < 1.29 is 9.15 Å². The van der Waals surface area contributed by atoms with E-state index in [-0.39, 0.29) is 15.9 Å². The molecule has 1 aromatic carbocycles. The number of benzene rings is 1. The van der Waals surface area contributed by atoms with Gasteiger partial charge in [0.1, 0.15) is 15.8 Å². The lowest BCUT2D eigenvalue weighted by molar-refractivity contribution is 0.455. The highest BCUT2D eigenvalue weighted by Crippen LogP contribution is 2.27. The minimum atomic E-state index is -0.424. The Bertz CT molecular complexity index is 946. The van der Waals surface area contributed by atoms with Crippen molar-refractivity contribution in [2.24, 2.45) is 0 Å². The van der Waals surface area contributed by atoms with E-state index in [4.69, 9.17) is 9.15 Å². The van der Waals surface area contributed by atoms with Crippen LogP contribution < -0.4 is 15.9 Å². The molecule has 6 nitrogen and oxygen atoms in total. The highest BCUT2D eigenvalue weighted by molar-refractivity contribution is 9.10. The summed E-state index contributed by atoms with van der Waals surface area (Å²) < 4.78 is 10.9. The van der Waals surface area contributed by atoms with Gasteiger partial charge in [-0.1, -0.05) is 0 Å². The molecule has 0 fully saturated rings. The SMILES string of the molecule is Cc1cc(=O)oc2cc(Oc3nc[nH]c(=O)c3Br)ccc12. The van der Waals surface area contributed by atoms with E-state index in [9.17, 15) is 9.59 Å². The van der Waals surface area contributed by atoms with Crippen molar-refractivity contribution in [2.45, 2.75) is 6.92 Å². The summed E-state index contributed by atoms with van der Waals surface area (Å²) in [6.45, 7) is 1.83. The van der Waals surface area contributed by atoms with Crippen molar-refractivity contribution in [3.05, 3.63) is 61.4 Å². The maximum absolute atomic E-state index is 11.4. The monoisotopic (exact) mass is 348 g/mol. The summed E-state index contributed by atoms with van der Waals surface area (Å²) in [6.07, 6.45) is 1.24. The molecule has 0 bridgehead atoms. The van der Waals surface area contributed by atoms with Crippen LogP contribution in [0.25, 0.3) is 11.0 Å². The molecule has 106 valence electrons. The van der Waals surface area contributed by atoms with Crippen molar-refractivity contribution in [2.75, 3.05) is 0 Å². The molecule has 0 saturated carbocycles. The number of nitrogens with zero attached hydrogens (tertiary/aromatic N) is 1. The number of fused-ring (bicyclic) bond motifs is 1. The molecule has 0 saturated heterocycles. The van der Waals surface area contributed by atoms with Gasteiger partial charge in [0, 0.05) is 17.5 Å². The van der Waals surface area contributed by atoms with Gasteiger partial charge in [-0.25, -0.2) is 9.78 Å². The van der Waals surface area contributed by atoms with Gasteiger partial charge < -0.3 is 14.1 Å². The predicted octanol–water partition coefficient (Wildman–Crippen LogP) is 2.74. The van der Waals surface area contributed by atoms with Crippen LogP contribution in [0.4, 0.5) is 0 Å². The molecule has 2 heterocycles. The number of halogens is 1. The Labute approximate surface area is 126 Å². The molecule has 0 unspecified atom stereocenters. The number of H-pyrrole nitrogens is 1. The molecule has 21 heavy (non-hydrogen) atoms. The Hall–Kier alpha value is -2.41. The van der Waals surface area contributed by atoms with Crippen molar-refractivity contribution in [1.82, 2.24) is 9.97 Å². The summed E-state index contributed by atoms with van der Waals surface area (Å²) >= 11 is 3.11. The van der Waals surface area contributed by atoms with Crippen molar-refractivity contribution in [3.8, 4) is 11.6 Å². The molecule has 1 N–H and O–H groups in total. The van der Waals surface area contributed by atoms with E-state index in [1.54, 1.807) is 18.2 Å². The van der Waals surface area contributed by atoms with Crippen LogP contribution in [-0.2, 0) is 0 Å². The Morgan fingerprint density at radius 2 is 2.10 bits per heavy atom. The molecule has 3 aromatic rings. The fourth-order valence-electron chi connectivity index (χ4n) is 1.92. The molecule has 0 spiro atoms. The van der Waals surface area contributed by atoms with E-state index in [1.165, 1.54) is 12.4 Å². The van der Waals surface area contributed by atoms with Crippen LogP contribution in [0.1, 0.15) is 5.56 Å². The normalized spacial score (nSPS) is 10.8. The third-order valence-corrected chi connectivity index (χ3v) is 3.60. The lowest BCUT2D eigenvalue weighted by Crippen LogP contribution is -2.08. The first-order valence-corrected chi connectivity index (χ1v) is 6.79. The molecule has 0 atom stereocenters. The first-order chi connectivity index (χ1) is 10.0. The molecular formula is C14H9BrN2O4. The van der Waals surface area contributed by atoms with Crippen molar-refractivity contribution >= 4 is 26.9 Å². The number of aromatic nitrogens is 2. The summed E-state index contributed by atoms with van der Waals surface area (Å²) in [6, 6.07) is 6.51. The van der Waals surface area contributed by atoms with Gasteiger partial charge in [-0.15, -0.1) is 0 Å². The Morgan fingerprint density at radius 1 is 1.29 bits per heavy atom. The second-order valence-electron chi connectivity index (χ2n) is 4.36. The molecule has 0 amide bonds. The van der Waals surface area contributed by atoms with Gasteiger partial charge in [-0.2, -0.15) is 0 Å². The summed E-state index contributed by atoms with van der Waals surface area (Å²) in [5.74, 6) is 0.545. The molecule has 0 radical (unpaired) electrons. The smallest absolute Gasteiger partial charge is 0.336 e. The zero-order valence-electron chi connectivity index (χ0n) is 10.8. The molecule has 2 aromatic heterocycles. The minimum Gasteiger partial charge on any atom is -0.437 e. The van der Waals surface area contributed by atoms with Crippen LogP contribution in [0, 0.1) is 6.92 Å². The summed E-state index contributed by atoms with van der Waals surface area (Å²) in [5, 5.41) is 0.819. The maximum atomic E-state index is 11.4.